The van der Waals surface area contributed by atoms with Crippen molar-refractivity contribution >= 4 is 0 Å². The molecule has 0 bridgehead atoms. The fourth-order valence-corrected chi connectivity index (χ4v) is 1.28. The maximum absolute atomic E-state index is 8.86. The van der Waals surface area contributed by atoms with Crippen molar-refractivity contribution in [2.24, 2.45) is 0 Å². The summed E-state index contributed by atoms with van der Waals surface area (Å²) in [6, 6.07) is 7.04. The molecule has 0 aliphatic rings. The van der Waals surface area contributed by atoms with Gasteiger partial charge in [-0.3, -0.25) is 4.98 Å². The van der Waals surface area contributed by atoms with E-state index in [1.54, 1.807) is 25.3 Å². The first kappa shape index (κ1) is 11.5. The normalized spacial score (nSPS) is 9.28. The molecule has 0 aliphatic heterocycles. The van der Waals surface area contributed by atoms with Gasteiger partial charge in [0.25, 0.3) is 0 Å². The summed E-state index contributed by atoms with van der Waals surface area (Å²) in [5, 5.41) is 17.7. The van der Waals surface area contributed by atoms with Crippen LogP contribution in [0.2, 0.25) is 0 Å². The van der Waals surface area contributed by atoms with Crippen molar-refractivity contribution in [3.8, 4) is 23.8 Å². The lowest BCUT2D eigenvalue weighted by Gasteiger charge is -2.06. The SMILES string of the molecule is Cc1nc(C#N)c(C#N)nc1Oc1cccnc1. The molecule has 0 aromatic carbocycles. The number of pyridine rings is 1. The fourth-order valence-electron chi connectivity index (χ4n) is 1.28. The van der Waals surface area contributed by atoms with Crippen molar-refractivity contribution in [3.05, 3.63) is 41.6 Å². The first-order valence-corrected chi connectivity index (χ1v) is 5.01. The molecule has 6 nitrogen and oxygen atoms in total. The molecule has 6 heteroatoms. The minimum absolute atomic E-state index is 0.00598. The molecule has 2 rings (SSSR count). The molecule has 18 heavy (non-hydrogen) atoms. The molecule has 2 aromatic heterocycles. The van der Waals surface area contributed by atoms with Crippen LogP contribution >= 0.6 is 0 Å². The molecule has 2 aromatic rings. The van der Waals surface area contributed by atoms with E-state index in [0.29, 0.717) is 11.4 Å². The highest BCUT2D eigenvalue weighted by atomic mass is 16.5. The summed E-state index contributed by atoms with van der Waals surface area (Å²) < 4.78 is 5.45. The maximum Gasteiger partial charge on any atom is 0.242 e. The summed E-state index contributed by atoms with van der Waals surface area (Å²) in [6.07, 6.45) is 3.14. The second-order valence-corrected chi connectivity index (χ2v) is 3.33. The molecule has 86 valence electrons. The summed E-state index contributed by atoms with van der Waals surface area (Å²) in [7, 11) is 0. The van der Waals surface area contributed by atoms with Crippen LogP contribution in [0.3, 0.4) is 0 Å². The molecule has 0 aliphatic carbocycles. The Morgan fingerprint density at radius 2 is 1.89 bits per heavy atom. The van der Waals surface area contributed by atoms with Crippen molar-refractivity contribution in [2.75, 3.05) is 0 Å². The van der Waals surface area contributed by atoms with Crippen LogP contribution < -0.4 is 4.74 Å². The highest BCUT2D eigenvalue weighted by Gasteiger charge is 2.12. The van der Waals surface area contributed by atoms with Gasteiger partial charge in [-0.15, -0.1) is 0 Å². The second-order valence-electron chi connectivity index (χ2n) is 3.33. The van der Waals surface area contributed by atoms with Gasteiger partial charge in [-0.2, -0.15) is 15.5 Å². The van der Waals surface area contributed by atoms with Crippen molar-refractivity contribution in [1.82, 2.24) is 15.0 Å². The van der Waals surface area contributed by atoms with E-state index in [2.05, 4.69) is 15.0 Å². The number of rotatable bonds is 2. The summed E-state index contributed by atoms with van der Waals surface area (Å²) in [5.41, 5.74) is 0.380. The van der Waals surface area contributed by atoms with E-state index in [9.17, 15) is 0 Å². The molecule has 0 atom stereocenters. The molecule has 0 N–H and O–H groups in total. The Balaban J connectivity index is 2.41. The van der Waals surface area contributed by atoms with Crippen molar-refractivity contribution < 1.29 is 4.74 Å². The summed E-state index contributed by atoms with van der Waals surface area (Å²) in [5.74, 6) is 0.682. The molecule has 0 unspecified atom stereocenters. The summed E-state index contributed by atoms with van der Waals surface area (Å²) >= 11 is 0. The minimum Gasteiger partial charge on any atom is -0.436 e. The van der Waals surface area contributed by atoms with Gasteiger partial charge in [0.15, 0.2) is 11.4 Å². The first-order valence-electron chi connectivity index (χ1n) is 5.01. The van der Waals surface area contributed by atoms with E-state index in [1.165, 1.54) is 6.20 Å². The largest absolute Gasteiger partial charge is 0.436 e. The van der Waals surface area contributed by atoms with Gasteiger partial charge in [0.2, 0.25) is 5.88 Å². The van der Waals surface area contributed by atoms with E-state index >= 15 is 0 Å². The molecule has 0 radical (unpaired) electrons. The Morgan fingerprint density at radius 1 is 1.17 bits per heavy atom. The first-order chi connectivity index (χ1) is 8.74. The zero-order valence-electron chi connectivity index (χ0n) is 9.45. The van der Waals surface area contributed by atoms with E-state index < -0.39 is 0 Å². The Kier molecular flexibility index (Phi) is 3.13. The fraction of sp³-hybridized carbons (Fsp3) is 0.0833. The highest BCUT2D eigenvalue weighted by Crippen LogP contribution is 2.21. The predicted octanol–water partition coefficient (Wildman–Crippen LogP) is 1.72. The van der Waals surface area contributed by atoms with E-state index in [1.807, 2.05) is 12.1 Å². The third-order valence-electron chi connectivity index (χ3n) is 2.09. The number of nitriles is 2. The Morgan fingerprint density at radius 3 is 2.50 bits per heavy atom. The second kappa shape index (κ2) is 4.89. The van der Waals surface area contributed by atoms with Gasteiger partial charge in [0.1, 0.15) is 23.6 Å². The lowest BCUT2D eigenvalue weighted by Crippen LogP contribution is -2.01. The van der Waals surface area contributed by atoms with Crippen LogP contribution in [-0.4, -0.2) is 15.0 Å². The maximum atomic E-state index is 8.86. The van der Waals surface area contributed by atoms with Crippen LogP contribution in [0.15, 0.2) is 24.5 Å². The van der Waals surface area contributed by atoms with Crippen LogP contribution in [0, 0.1) is 29.6 Å². The third-order valence-corrected chi connectivity index (χ3v) is 2.09. The zero-order valence-corrected chi connectivity index (χ0v) is 9.45. The van der Waals surface area contributed by atoms with Crippen LogP contribution in [0.5, 0.6) is 11.6 Å². The van der Waals surface area contributed by atoms with Crippen molar-refractivity contribution in [1.29, 1.82) is 10.5 Å². The van der Waals surface area contributed by atoms with Crippen LogP contribution in [-0.2, 0) is 0 Å². The number of hydrogen-bond donors (Lipinski definition) is 0. The van der Waals surface area contributed by atoms with Gasteiger partial charge in [0, 0.05) is 6.20 Å². The average molecular weight is 237 g/mol. The lowest BCUT2D eigenvalue weighted by molar-refractivity contribution is 0.452. The molecular weight excluding hydrogens is 230 g/mol. The van der Waals surface area contributed by atoms with E-state index in [4.69, 9.17) is 15.3 Å². The number of hydrogen-bond acceptors (Lipinski definition) is 6. The zero-order chi connectivity index (χ0) is 13.0. The number of nitrogens with zero attached hydrogens (tertiary/aromatic N) is 5. The summed E-state index contributed by atoms with van der Waals surface area (Å²) in [6.45, 7) is 1.65. The average Bonchev–Trinajstić information content (AvgIpc) is 2.41. The van der Waals surface area contributed by atoms with Gasteiger partial charge in [-0.25, -0.2) is 4.98 Å². The topological polar surface area (TPSA) is 95.5 Å². The smallest absolute Gasteiger partial charge is 0.242 e. The minimum atomic E-state index is -0.0537. The van der Waals surface area contributed by atoms with Gasteiger partial charge < -0.3 is 4.74 Å². The Labute approximate surface area is 103 Å². The van der Waals surface area contributed by atoms with E-state index in [-0.39, 0.29) is 17.3 Å². The van der Waals surface area contributed by atoms with Gasteiger partial charge in [-0.1, -0.05) is 0 Å². The van der Waals surface area contributed by atoms with Gasteiger partial charge in [0.05, 0.1) is 6.20 Å². The quantitative estimate of drug-likeness (QED) is 0.788. The molecule has 0 saturated carbocycles. The van der Waals surface area contributed by atoms with Crippen LogP contribution in [0.25, 0.3) is 0 Å². The number of aryl methyl sites for hydroxylation is 1. The third kappa shape index (κ3) is 2.23. The number of ether oxygens (including phenoxy) is 1. The lowest BCUT2D eigenvalue weighted by atomic mass is 10.3. The Hall–Kier alpha value is -2.99. The van der Waals surface area contributed by atoms with Crippen LogP contribution in [0.1, 0.15) is 17.1 Å². The Bertz CT molecular complexity index is 655. The van der Waals surface area contributed by atoms with E-state index in [0.717, 1.165) is 0 Å². The van der Waals surface area contributed by atoms with Gasteiger partial charge in [-0.05, 0) is 19.1 Å². The highest BCUT2D eigenvalue weighted by molar-refractivity contribution is 5.39. The molecule has 2 heterocycles. The monoisotopic (exact) mass is 237 g/mol. The van der Waals surface area contributed by atoms with Crippen LogP contribution in [0.4, 0.5) is 0 Å². The molecular formula is C12H7N5O. The van der Waals surface area contributed by atoms with Gasteiger partial charge >= 0.3 is 0 Å². The molecule has 0 amide bonds. The predicted molar refractivity (Wildman–Crippen MR) is 60.5 cm³/mol. The molecule has 0 spiro atoms. The summed E-state index contributed by atoms with van der Waals surface area (Å²) in [4.78, 5) is 11.8. The van der Waals surface area contributed by atoms with Crippen molar-refractivity contribution in [2.45, 2.75) is 6.92 Å². The van der Waals surface area contributed by atoms with Crippen molar-refractivity contribution in [3.63, 3.8) is 0 Å². The standard InChI is InChI=1S/C12H7N5O/c1-8-12(18-9-3-2-4-15-7-9)17-11(6-14)10(5-13)16-8/h2-4,7H,1H3. The number of aromatic nitrogens is 3. The molecule has 0 saturated heterocycles. The molecule has 0 fully saturated rings.